The Hall–Kier alpha value is -5.02. The van der Waals surface area contributed by atoms with Crippen molar-refractivity contribution in [3.63, 3.8) is 0 Å². The van der Waals surface area contributed by atoms with Crippen molar-refractivity contribution in [2.24, 2.45) is 0 Å². The highest BCUT2D eigenvalue weighted by atomic mass is 16.5. The Kier molecular flexibility index (Phi) is 16.9. The monoisotopic (exact) mass is 826 g/mol. The van der Waals surface area contributed by atoms with E-state index >= 15 is 0 Å². The molecule has 0 aliphatic heterocycles. The van der Waals surface area contributed by atoms with E-state index in [-0.39, 0.29) is 88.7 Å². The second-order valence-electron chi connectivity index (χ2n) is 14.8. The van der Waals surface area contributed by atoms with E-state index in [1.165, 1.54) is 0 Å². The van der Waals surface area contributed by atoms with Gasteiger partial charge in [0.2, 0.25) is 0 Å². The van der Waals surface area contributed by atoms with Crippen LogP contribution in [0, 0.1) is 0 Å². The highest BCUT2D eigenvalue weighted by Gasteiger charge is 2.27. The van der Waals surface area contributed by atoms with Gasteiger partial charge in [-0.3, -0.25) is 0 Å². The predicted molar refractivity (Wildman–Crippen MR) is 227 cm³/mol. The van der Waals surface area contributed by atoms with Crippen molar-refractivity contribution in [2.45, 2.75) is 64.3 Å². The lowest BCUT2D eigenvalue weighted by atomic mass is 9.79. The minimum atomic E-state index is -0.439. The van der Waals surface area contributed by atoms with Gasteiger partial charge in [-0.2, -0.15) is 0 Å². The molecule has 0 aromatic heterocycles. The van der Waals surface area contributed by atoms with E-state index in [2.05, 4.69) is 0 Å². The fraction of sp³-hybridized carbons (Fsp3) is 0.375. The first-order chi connectivity index (χ1) is 29.1. The molecule has 0 saturated heterocycles. The molecule has 5 rings (SSSR count). The molecule has 0 bridgehead atoms. The third kappa shape index (κ3) is 10.5. The van der Waals surface area contributed by atoms with Gasteiger partial charge in [-0.15, -0.1) is 0 Å². The Balaban J connectivity index is 1.80. The number of aromatic hydroxyl groups is 4. The van der Waals surface area contributed by atoms with E-state index in [0.717, 1.165) is 33.4 Å². The van der Waals surface area contributed by atoms with E-state index in [4.69, 9.17) is 28.4 Å². The molecular formula is C48H58O12. The summed E-state index contributed by atoms with van der Waals surface area (Å²) in [5.74, 6) is -0.576. The molecule has 0 spiro atoms. The molecule has 60 heavy (non-hydrogen) atoms. The van der Waals surface area contributed by atoms with E-state index in [0.29, 0.717) is 44.5 Å². The van der Waals surface area contributed by atoms with Gasteiger partial charge in [0.25, 0.3) is 0 Å². The summed E-state index contributed by atoms with van der Waals surface area (Å²) in [5.41, 5.74) is 9.70. The Bertz CT molecular complexity index is 1790. The van der Waals surface area contributed by atoms with Gasteiger partial charge < -0.3 is 59.1 Å². The minimum Gasteiger partial charge on any atom is -0.507 e. The molecular weight excluding hydrogens is 769 g/mol. The smallest absolute Gasteiger partial charge is 0.126 e. The normalized spacial score (nSPS) is 12.5. The number of ether oxygens (including phenoxy) is 6. The van der Waals surface area contributed by atoms with Crippen molar-refractivity contribution in [2.75, 3.05) is 55.9 Å². The Morgan fingerprint density at radius 2 is 0.533 bits per heavy atom. The molecule has 0 aliphatic rings. The molecule has 12 heteroatoms. The molecule has 5 aromatic rings. The molecule has 0 amide bonds. The number of hydrogen-bond acceptors (Lipinski definition) is 12. The van der Waals surface area contributed by atoms with Gasteiger partial charge in [-0.25, -0.2) is 0 Å². The third-order valence-electron chi connectivity index (χ3n) is 10.7. The van der Waals surface area contributed by atoms with Crippen LogP contribution < -0.4 is 0 Å². The van der Waals surface area contributed by atoms with Crippen LogP contribution in [0.3, 0.4) is 0 Å². The van der Waals surface area contributed by atoms with Crippen molar-refractivity contribution in [3.8, 4) is 23.0 Å². The number of aliphatic hydroxyl groups excluding tert-OH is 2. The summed E-state index contributed by atoms with van der Waals surface area (Å²) in [4.78, 5) is 0. The van der Waals surface area contributed by atoms with Gasteiger partial charge in [0.15, 0.2) is 0 Å². The predicted octanol–water partition coefficient (Wildman–Crippen LogP) is 6.82. The SMILES string of the molecule is COCc1cc(C(c2ccc(C(c3cc(CCO)c(O)c(COC)c3)c3cc(COC)c(O)c(COC)c3)cc2)c2cc(COC)c(O)c(COC)c2)cc(CCO)c1O. The van der Waals surface area contributed by atoms with Crippen LogP contribution in [0.15, 0.2) is 72.8 Å². The number of hydrogen-bond donors (Lipinski definition) is 6. The van der Waals surface area contributed by atoms with Gasteiger partial charge in [-0.1, -0.05) is 36.4 Å². The molecule has 0 heterocycles. The lowest BCUT2D eigenvalue weighted by Gasteiger charge is -2.26. The summed E-state index contributed by atoms with van der Waals surface area (Å²) < 4.78 is 32.9. The van der Waals surface area contributed by atoms with Gasteiger partial charge in [0.1, 0.15) is 23.0 Å². The van der Waals surface area contributed by atoms with Crippen molar-refractivity contribution in [1.29, 1.82) is 0 Å². The lowest BCUT2D eigenvalue weighted by Crippen LogP contribution is -2.11. The fourth-order valence-electron chi connectivity index (χ4n) is 8.07. The number of rotatable bonds is 22. The van der Waals surface area contributed by atoms with Gasteiger partial charge in [-0.05, 0) is 93.7 Å². The molecule has 5 aromatic carbocycles. The third-order valence-corrected chi connectivity index (χ3v) is 10.7. The maximum Gasteiger partial charge on any atom is 0.126 e. The topological polar surface area (TPSA) is 177 Å². The van der Waals surface area contributed by atoms with Crippen LogP contribution in [0.4, 0.5) is 0 Å². The summed E-state index contributed by atoms with van der Waals surface area (Å²) in [5, 5.41) is 64.8. The van der Waals surface area contributed by atoms with Crippen molar-refractivity contribution < 1.29 is 59.1 Å². The minimum absolute atomic E-state index is 0.0642. The number of phenolic OH excluding ortho intramolecular Hbond substituents is 4. The zero-order valence-electron chi connectivity index (χ0n) is 35.3. The number of aliphatic hydroxyl groups is 2. The van der Waals surface area contributed by atoms with Crippen molar-refractivity contribution >= 4 is 0 Å². The van der Waals surface area contributed by atoms with Gasteiger partial charge in [0.05, 0.1) is 39.6 Å². The Labute approximate surface area is 352 Å². The Morgan fingerprint density at radius 1 is 0.333 bits per heavy atom. The molecule has 0 aliphatic carbocycles. The first-order valence-corrected chi connectivity index (χ1v) is 19.7. The quantitative estimate of drug-likeness (QED) is 0.0403. The summed E-state index contributed by atoms with van der Waals surface area (Å²) in [6.45, 7) is 0.570. The second kappa shape index (κ2) is 22.0. The Morgan fingerprint density at radius 3 is 0.733 bits per heavy atom. The standard InChI is InChI=1S/C48H58O12/c1-55-23-37-17-33(15-31(11-13-49)45(37)51)43(35-19-39(25-57-3)47(53)40(20-35)26-58-4)29-7-9-30(10-8-29)44(34-16-32(12-14-50)46(52)38(18-34)24-56-2)36-21-41(27-59-5)48(54)42(22-36)28-60-6/h7-10,15-22,43-44,49-54H,11-14,23-28H2,1-6H3. The average Bonchev–Trinajstić information content (AvgIpc) is 3.23. The van der Waals surface area contributed by atoms with Crippen LogP contribution in [-0.4, -0.2) is 86.5 Å². The largest absolute Gasteiger partial charge is 0.507 e. The van der Waals surface area contributed by atoms with E-state index in [1.54, 1.807) is 42.7 Å². The number of benzene rings is 5. The molecule has 0 radical (unpaired) electrons. The molecule has 322 valence electrons. The van der Waals surface area contributed by atoms with Crippen LogP contribution >= 0.6 is 0 Å². The van der Waals surface area contributed by atoms with E-state index in [9.17, 15) is 30.6 Å². The van der Waals surface area contributed by atoms with E-state index in [1.807, 2.05) is 72.8 Å². The summed E-state index contributed by atoms with van der Waals surface area (Å²) >= 11 is 0. The first kappa shape index (κ1) is 46.1. The summed E-state index contributed by atoms with van der Waals surface area (Å²) in [6, 6.07) is 23.4. The summed E-state index contributed by atoms with van der Waals surface area (Å²) in [7, 11) is 9.38. The zero-order valence-corrected chi connectivity index (χ0v) is 35.3. The van der Waals surface area contributed by atoms with Gasteiger partial charge in [0, 0.05) is 101 Å². The molecule has 0 saturated carbocycles. The van der Waals surface area contributed by atoms with Crippen molar-refractivity contribution in [1.82, 2.24) is 0 Å². The fourth-order valence-corrected chi connectivity index (χ4v) is 8.07. The van der Waals surface area contributed by atoms with Crippen LogP contribution in [0.1, 0.15) is 89.7 Å². The highest BCUT2D eigenvalue weighted by Crippen LogP contribution is 2.43. The zero-order chi connectivity index (χ0) is 43.3. The first-order valence-electron chi connectivity index (χ1n) is 19.7. The maximum atomic E-state index is 11.2. The number of phenols is 4. The summed E-state index contributed by atoms with van der Waals surface area (Å²) in [6.07, 6.45) is 0.448. The van der Waals surface area contributed by atoms with Crippen LogP contribution in [0.2, 0.25) is 0 Å². The van der Waals surface area contributed by atoms with Crippen LogP contribution in [0.5, 0.6) is 23.0 Å². The molecule has 2 atom stereocenters. The van der Waals surface area contributed by atoms with Crippen molar-refractivity contribution in [3.05, 3.63) is 151 Å². The molecule has 12 nitrogen and oxygen atoms in total. The molecule has 2 unspecified atom stereocenters. The van der Waals surface area contributed by atoms with E-state index < -0.39 is 11.8 Å². The second-order valence-corrected chi connectivity index (χ2v) is 14.8. The van der Waals surface area contributed by atoms with Crippen LogP contribution in [-0.2, 0) is 80.9 Å². The van der Waals surface area contributed by atoms with Gasteiger partial charge >= 0.3 is 0 Å². The highest BCUT2D eigenvalue weighted by molar-refractivity contribution is 5.57. The average molecular weight is 827 g/mol. The number of methoxy groups -OCH3 is 6. The maximum absolute atomic E-state index is 11.2. The van der Waals surface area contributed by atoms with Crippen LogP contribution in [0.25, 0.3) is 0 Å². The molecule has 6 N–H and O–H groups in total. The molecule has 0 fully saturated rings. The lowest BCUT2D eigenvalue weighted by molar-refractivity contribution is 0.174.